The maximum atomic E-state index is 6.21. The van der Waals surface area contributed by atoms with Gasteiger partial charge in [-0.15, -0.1) is 0 Å². The normalized spacial score (nSPS) is 10.2. The second kappa shape index (κ2) is 6.94. The van der Waals surface area contributed by atoms with Crippen LogP contribution in [0.3, 0.4) is 0 Å². The summed E-state index contributed by atoms with van der Waals surface area (Å²) in [7, 11) is 0. The summed E-state index contributed by atoms with van der Waals surface area (Å²) in [6, 6.07) is 12.2. The SMILES string of the molecule is C=Cc1cccc(Oc2cccc(C=C)c2CC)c1CC. The van der Waals surface area contributed by atoms with Crippen LogP contribution >= 0.6 is 0 Å². The van der Waals surface area contributed by atoms with Gasteiger partial charge in [-0.2, -0.15) is 0 Å². The van der Waals surface area contributed by atoms with E-state index in [1.807, 2.05) is 36.4 Å². The zero-order chi connectivity index (χ0) is 15.2. The molecule has 0 spiro atoms. The summed E-state index contributed by atoms with van der Waals surface area (Å²) in [6.07, 6.45) is 5.60. The first-order valence-corrected chi connectivity index (χ1v) is 7.41. The van der Waals surface area contributed by atoms with Crippen LogP contribution in [-0.4, -0.2) is 0 Å². The van der Waals surface area contributed by atoms with Gasteiger partial charge in [-0.1, -0.05) is 63.4 Å². The first-order valence-electron chi connectivity index (χ1n) is 7.41. The van der Waals surface area contributed by atoms with Gasteiger partial charge in [0.2, 0.25) is 0 Å². The van der Waals surface area contributed by atoms with Crippen LogP contribution in [0.4, 0.5) is 0 Å². The van der Waals surface area contributed by atoms with Gasteiger partial charge in [0, 0.05) is 11.1 Å². The smallest absolute Gasteiger partial charge is 0.131 e. The fraction of sp³-hybridized carbons (Fsp3) is 0.200. The molecular weight excluding hydrogens is 256 g/mol. The van der Waals surface area contributed by atoms with Crippen molar-refractivity contribution in [3.05, 3.63) is 71.8 Å². The second-order valence-corrected chi connectivity index (χ2v) is 4.87. The van der Waals surface area contributed by atoms with Gasteiger partial charge in [0.15, 0.2) is 0 Å². The highest BCUT2D eigenvalue weighted by molar-refractivity contribution is 5.60. The molecule has 0 unspecified atom stereocenters. The number of benzene rings is 2. The number of ether oxygens (including phenoxy) is 1. The van der Waals surface area contributed by atoms with E-state index in [-0.39, 0.29) is 0 Å². The van der Waals surface area contributed by atoms with Crippen LogP contribution in [-0.2, 0) is 12.8 Å². The summed E-state index contributed by atoms with van der Waals surface area (Å²) in [5.74, 6) is 1.82. The summed E-state index contributed by atoms with van der Waals surface area (Å²) < 4.78 is 6.21. The van der Waals surface area contributed by atoms with Crippen LogP contribution in [0.2, 0.25) is 0 Å². The zero-order valence-electron chi connectivity index (χ0n) is 12.9. The monoisotopic (exact) mass is 278 g/mol. The fourth-order valence-corrected chi connectivity index (χ4v) is 2.61. The van der Waals surface area contributed by atoms with E-state index in [0.29, 0.717) is 0 Å². The minimum absolute atomic E-state index is 0.908. The van der Waals surface area contributed by atoms with Crippen molar-refractivity contribution in [1.29, 1.82) is 0 Å². The predicted octanol–water partition coefficient (Wildman–Crippen LogP) is 5.89. The fourth-order valence-electron chi connectivity index (χ4n) is 2.61. The van der Waals surface area contributed by atoms with E-state index in [4.69, 9.17) is 4.74 Å². The molecule has 0 aromatic heterocycles. The number of rotatable bonds is 6. The van der Waals surface area contributed by atoms with E-state index >= 15 is 0 Å². The third kappa shape index (κ3) is 3.08. The average molecular weight is 278 g/mol. The highest BCUT2D eigenvalue weighted by Gasteiger charge is 2.10. The lowest BCUT2D eigenvalue weighted by atomic mass is 10.0. The number of hydrogen-bond donors (Lipinski definition) is 0. The molecule has 1 nitrogen and oxygen atoms in total. The standard InChI is InChI=1S/C20H22O/c1-5-15-11-9-13-19(17(15)7-3)21-20-14-10-12-16(6-2)18(20)8-4/h5-6,9-14H,1-2,7-8H2,3-4H3. The molecule has 2 aromatic rings. The largest absolute Gasteiger partial charge is 0.457 e. The quantitative estimate of drug-likeness (QED) is 0.640. The predicted molar refractivity (Wildman–Crippen MR) is 91.9 cm³/mol. The Balaban J connectivity index is 2.48. The Labute approximate surface area is 127 Å². The van der Waals surface area contributed by atoms with Crippen molar-refractivity contribution in [2.45, 2.75) is 26.7 Å². The minimum Gasteiger partial charge on any atom is -0.457 e. The van der Waals surface area contributed by atoms with Crippen molar-refractivity contribution in [1.82, 2.24) is 0 Å². The van der Waals surface area contributed by atoms with Crippen molar-refractivity contribution >= 4 is 12.2 Å². The lowest BCUT2D eigenvalue weighted by Gasteiger charge is -2.16. The van der Waals surface area contributed by atoms with Crippen LogP contribution in [0.15, 0.2) is 49.6 Å². The molecule has 0 aliphatic heterocycles. The first-order chi connectivity index (χ1) is 10.2. The summed E-state index contributed by atoms with van der Waals surface area (Å²) in [5, 5.41) is 0. The minimum atomic E-state index is 0.908. The lowest BCUT2D eigenvalue weighted by molar-refractivity contribution is 0.471. The topological polar surface area (TPSA) is 9.23 Å². The Bertz CT molecular complexity index is 595. The lowest BCUT2D eigenvalue weighted by Crippen LogP contribution is -1.97. The van der Waals surface area contributed by atoms with E-state index < -0.39 is 0 Å². The molecule has 0 radical (unpaired) electrons. The van der Waals surface area contributed by atoms with Crippen molar-refractivity contribution in [3.63, 3.8) is 0 Å². The van der Waals surface area contributed by atoms with Crippen LogP contribution < -0.4 is 4.74 Å². The summed E-state index contributed by atoms with van der Waals surface area (Å²) in [6.45, 7) is 12.0. The van der Waals surface area contributed by atoms with E-state index in [1.165, 1.54) is 11.1 Å². The second-order valence-electron chi connectivity index (χ2n) is 4.87. The van der Waals surface area contributed by atoms with Gasteiger partial charge in [0.05, 0.1) is 0 Å². The Morgan fingerprint density at radius 2 is 1.24 bits per heavy atom. The Morgan fingerprint density at radius 3 is 1.57 bits per heavy atom. The van der Waals surface area contributed by atoms with Gasteiger partial charge in [0.1, 0.15) is 11.5 Å². The maximum absolute atomic E-state index is 6.21. The maximum Gasteiger partial charge on any atom is 0.131 e. The van der Waals surface area contributed by atoms with Gasteiger partial charge < -0.3 is 4.74 Å². The number of hydrogen-bond acceptors (Lipinski definition) is 1. The third-order valence-electron chi connectivity index (χ3n) is 3.71. The van der Waals surface area contributed by atoms with E-state index in [2.05, 4.69) is 39.1 Å². The Morgan fingerprint density at radius 1 is 0.810 bits per heavy atom. The first kappa shape index (κ1) is 15.1. The van der Waals surface area contributed by atoms with Gasteiger partial charge in [0.25, 0.3) is 0 Å². The molecule has 0 aliphatic rings. The Kier molecular flexibility index (Phi) is 4.99. The van der Waals surface area contributed by atoms with Gasteiger partial charge in [-0.3, -0.25) is 0 Å². The molecule has 0 amide bonds. The molecule has 0 bridgehead atoms. The van der Waals surface area contributed by atoms with Crippen LogP contribution in [0.25, 0.3) is 12.2 Å². The molecule has 0 aliphatic carbocycles. The van der Waals surface area contributed by atoms with Crippen molar-refractivity contribution < 1.29 is 4.74 Å². The van der Waals surface area contributed by atoms with Crippen molar-refractivity contribution in [2.75, 3.05) is 0 Å². The van der Waals surface area contributed by atoms with Crippen molar-refractivity contribution in [3.8, 4) is 11.5 Å². The third-order valence-corrected chi connectivity index (χ3v) is 3.71. The molecule has 0 atom stereocenters. The van der Waals surface area contributed by atoms with E-state index in [9.17, 15) is 0 Å². The molecule has 2 rings (SSSR count). The average Bonchev–Trinajstić information content (AvgIpc) is 2.54. The van der Waals surface area contributed by atoms with Crippen LogP contribution in [0.1, 0.15) is 36.1 Å². The van der Waals surface area contributed by atoms with E-state index in [1.54, 1.807) is 0 Å². The van der Waals surface area contributed by atoms with Gasteiger partial charge in [-0.25, -0.2) is 0 Å². The van der Waals surface area contributed by atoms with Gasteiger partial charge >= 0.3 is 0 Å². The van der Waals surface area contributed by atoms with E-state index in [0.717, 1.165) is 35.5 Å². The molecule has 0 N–H and O–H groups in total. The van der Waals surface area contributed by atoms with Crippen LogP contribution in [0, 0.1) is 0 Å². The molecule has 0 fully saturated rings. The molecule has 0 saturated carbocycles. The summed E-state index contributed by atoms with van der Waals surface area (Å²) >= 11 is 0. The molecule has 108 valence electrons. The molecule has 0 saturated heterocycles. The molecule has 21 heavy (non-hydrogen) atoms. The summed E-state index contributed by atoms with van der Waals surface area (Å²) in [5.41, 5.74) is 4.65. The van der Waals surface area contributed by atoms with Crippen molar-refractivity contribution in [2.24, 2.45) is 0 Å². The molecule has 0 heterocycles. The Hall–Kier alpha value is -2.28. The van der Waals surface area contributed by atoms with Gasteiger partial charge in [-0.05, 0) is 36.1 Å². The van der Waals surface area contributed by atoms with Crippen LogP contribution in [0.5, 0.6) is 11.5 Å². The zero-order valence-corrected chi connectivity index (χ0v) is 12.9. The summed E-state index contributed by atoms with van der Waals surface area (Å²) in [4.78, 5) is 0. The molecule has 2 aromatic carbocycles. The highest BCUT2D eigenvalue weighted by atomic mass is 16.5. The highest BCUT2D eigenvalue weighted by Crippen LogP contribution is 2.32. The molecular formula is C20H22O. The molecule has 1 heteroatoms.